The van der Waals surface area contributed by atoms with E-state index in [-0.39, 0.29) is 19.1 Å². The van der Waals surface area contributed by atoms with Gasteiger partial charge in [-0.2, -0.15) is 0 Å². The van der Waals surface area contributed by atoms with Gasteiger partial charge in [0.05, 0.1) is 30.0 Å². The zero-order valence-electron chi connectivity index (χ0n) is 11.1. The molecule has 0 unspecified atom stereocenters. The van der Waals surface area contributed by atoms with Crippen LogP contribution in [0.15, 0.2) is 35.7 Å². The van der Waals surface area contributed by atoms with Crippen molar-refractivity contribution in [2.45, 2.75) is 0 Å². The highest BCUT2D eigenvalue weighted by atomic mass is 32.1. The molecule has 1 aromatic carbocycles. The minimum Gasteiger partial charge on any atom is -0.496 e. The number of nitrogens with zero attached hydrogens (tertiary/aromatic N) is 1. The number of aliphatic hydroxyl groups excluding tert-OH is 1. The fraction of sp³-hybridized carbons (Fsp3) is 0.214. The van der Waals surface area contributed by atoms with Crippen molar-refractivity contribution in [3.05, 3.63) is 40.6 Å². The minimum atomic E-state index is -0.203. The van der Waals surface area contributed by atoms with E-state index in [1.54, 1.807) is 42.8 Å². The van der Waals surface area contributed by atoms with Crippen LogP contribution in [0.25, 0.3) is 0 Å². The van der Waals surface area contributed by atoms with Crippen molar-refractivity contribution in [2.24, 2.45) is 0 Å². The summed E-state index contributed by atoms with van der Waals surface area (Å²) >= 11 is 1.30. The number of hydrogen-bond acceptors (Lipinski definition) is 5. The van der Waals surface area contributed by atoms with Crippen LogP contribution >= 0.6 is 11.3 Å². The van der Waals surface area contributed by atoms with Crippen LogP contribution in [0.5, 0.6) is 5.75 Å². The van der Waals surface area contributed by atoms with Crippen LogP contribution in [0, 0.1) is 0 Å². The van der Waals surface area contributed by atoms with Gasteiger partial charge in [0.15, 0.2) is 0 Å². The van der Waals surface area contributed by atoms with Crippen molar-refractivity contribution in [2.75, 3.05) is 30.9 Å². The Morgan fingerprint density at radius 1 is 1.45 bits per heavy atom. The Morgan fingerprint density at radius 2 is 2.20 bits per heavy atom. The summed E-state index contributed by atoms with van der Waals surface area (Å²) in [6.45, 7) is 0.0514. The first kappa shape index (κ1) is 14.4. The number of benzene rings is 1. The summed E-state index contributed by atoms with van der Waals surface area (Å²) in [6.07, 6.45) is 0. The number of para-hydroxylation sites is 2. The average molecular weight is 292 g/mol. The molecule has 5 nitrogen and oxygen atoms in total. The molecule has 0 bridgehead atoms. The van der Waals surface area contributed by atoms with E-state index in [1.165, 1.54) is 16.2 Å². The largest absolute Gasteiger partial charge is 0.496 e. The number of rotatable bonds is 5. The molecule has 1 aromatic heterocycles. The standard InChI is InChI=1S/C14H16N2O3S/c1-19-10-8-13(20-9-10)14(18)16(6-7-17)12-5-3-2-4-11(12)15/h2-5,8-9,17H,6-7,15H2,1H3. The summed E-state index contributed by atoms with van der Waals surface area (Å²) < 4.78 is 5.08. The monoisotopic (exact) mass is 292 g/mol. The molecule has 0 aliphatic heterocycles. The number of amides is 1. The number of hydrogen-bond donors (Lipinski definition) is 2. The molecule has 0 saturated heterocycles. The lowest BCUT2D eigenvalue weighted by atomic mass is 10.2. The second-order valence-electron chi connectivity index (χ2n) is 4.09. The second kappa shape index (κ2) is 6.40. The summed E-state index contributed by atoms with van der Waals surface area (Å²) in [7, 11) is 1.55. The predicted octanol–water partition coefficient (Wildman–Crippen LogP) is 1.98. The van der Waals surface area contributed by atoms with Gasteiger partial charge in [0, 0.05) is 18.0 Å². The van der Waals surface area contributed by atoms with Crippen molar-refractivity contribution >= 4 is 28.6 Å². The molecule has 106 valence electrons. The lowest BCUT2D eigenvalue weighted by Crippen LogP contribution is -2.33. The number of aliphatic hydroxyl groups is 1. The van der Waals surface area contributed by atoms with Gasteiger partial charge >= 0.3 is 0 Å². The summed E-state index contributed by atoms with van der Waals surface area (Å²) in [5, 5.41) is 10.9. The van der Waals surface area contributed by atoms with Crippen LogP contribution in [-0.2, 0) is 0 Å². The Bertz CT molecular complexity index is 598. The van der Waals surface area contributed by atoms with Crippen molar-refractivity contribution in [1.82, 2.24) is 0 Å². The molecular weight excluding hydrogens is 276 g/mol. The first-order valence-electron chi connectivity index (χ1n) is 6.07. The molecule has 0 aliphatic rings. The third-order valence-corrected chi connectivity index (χ3v) is 3.71. The number of methoxy groups -OCH3 is 1. The Balaban J connectivity index is 2.33. The fourth-order valence-corrected chi connectivity index (χ4v) is 2.64. The third-order valence-electron chi connectivity index (χ3n) is 2.82. The van der Waals surface area contributed by atoms with E-state index in [0.29, 0.717) is 22.0 Å². The highest BCUT2D eigenvalue weighted by molar-refractivity contribution is 7.12. The van der Waals surface area contributed by atoms with Gasteiger partial charge in [-0.25, -0.2) is 0 Å². The summed E-state index contributed by atoms with van der Waals surface area (Å²) in [6, 6.07) is 8.76. The molecule has 2 rings (SSSR count). The summed E-state index contributed by atoms with van der Waals surface area (Å²) in [4.78, 5) is 14.5. The van der Waals surface area contributed by atoms with Gasteiger partial charge in [-0.3, -0.25) is 4.79 Å². The van der Waals surface area contributed by atoms with E-state index in [1.807, 2.05) is 0 Å². The predicted molar refractivity (Wildman–Crippen MR) is 80.5 cm³/mol. The highest BCUT2D eigenvalue weighted by Crippen LogP contribution is 2.27. The maximum absolute atomic E-state index is 12.5. The maximum atomic E-state index is 12.5. The minimum absolute atomic E-state index is 0.136. The van der Waals surface area contributed by atoms with Gasteiger partial charge < -0.3 is 20.5 Å². The van der Waals surface area contributed by atoms with Crippen LogP contribution < -0.4 is 15.4 Å². The molecule has 1 amide bonds. The van der Waals surface area contributed by atoms with E-state index in [0.717, 1.165) is 0 Å². The fourth-order valence-electron chi connectivity index (χ4n) is 1.84. The van der Waals surface area contributed by atoms with Gasteiger partial charge in [0.2, 0.25) is 0 Å². The Morgan fingerprint density at radius 3 is 2.80 bits per heavy atom. The molecule has 0 radical (unpaired) electrons. The van der Waals surface area contributed by atoms with E-state index >= 15 is 0 Å². The third kappa shape index (κ3) is 2.92. The SMILES string of the molecule is COc1csc(C(=O)N(CCO)c2ccccc2N)c1. The van der Waals surface area contributed by atoms with Crippen LogP contribution in [-0.4, -0.2) is 31.3 Å². The smallest absolute Gasteiger partial charge is 0.268 e. The lowest BCUT2D eigenvalue weighted by Gasteiger charge is -2.22. The molecule has 2 aromatic rings. The van der Waals surface area contributed by atoms with E-state index < -0.39 is 0 Å². The van der Waals surface area contributed by atoms with Crippen LogP contribution in [0.4, 0.5) is 11.4 Å². The van der Waals surface area contributed by atoms with E-state index in [9.17, 15) is 9.90 Å². The topological polar surface area (TPSA) is 75.8 Å². The van der Waals surface area contributed by atoms with Crippen LogP contribution in [0.1, 0.15) is 9.67 Å². The number of thiophene rings is 1. The molecule has 0 atom stereocenters. The zero-order valence-corrected chi connectivity index (χ0v) is 11.9. The molecule has 6 heteroatoms. The summed E-state index contributed by atoms with van der Waals surface area (Å²) in [5.74, 6) is 0.439. The number of nitrogens with two attached hydrogens (primary N) is 1. The lowest BCUT2D eigenvalue weighted by molar-refractivity contribution is 0.0985. The van der Waals surface area contributed by atoms with Crippen LogP contribution in [0.2, 0.25) is 0 Å². The Kier molecular flexibility index (Phi) is 4.60. The highest BCUT2D eigenvalue weighted by Gasteiger charge is 2.20. The first-order valence-corrected chi connectivity index (χ1v) is 6.95. The molecule has 0 fully saturated rings. The summed E-state index contributed by atoms with van der Waals surface area (Å²) in [5.41, 5.74) is 7.00. The maximum Gasteiger partial charge on any atom is 0.268 e. The Hall–Kier alpha value is -2.05. The van der Waals surface area contributed by atoms with Crippen LogP contribution in [0.3, 0.4) is 0 Å². The number of anilines is 2. The zero-order chi connectivity index (χ0) is 14.5. The van der Waals surface area contributed by atoms with Gasteiger partial charge in [0.25, 0.3) is 5.91 Å². The molecule has 1 heterocycles. The molecule has 0 saturated carbocycles. The normalized spacial score (nSPS) is 10.3. The van der Waals surface area contributed by atoms with Gasteiger partial charge in [-0.05, 0) is 12.1 Å². The molecule has 0 spiro atoms. The van der Waals surface area contributed by atoms with Gasteiger partial charge in [-0.1, -0.05) is 12.1 Å². The molecule has 0 aliphatic carbocycles. The number of nitrogen functional groups attached to an aromatic ring is 1. The Labute approximate surface area is 121 Å². The van der Waals surface area contributed by atoms with Gasteiger partial charge in [0.1, 0.15) is 5.75 Å². The number of carbonyl (C=O) groups is 1. The second-order valence-corrected chi connectivity index (χ2v) is 5.00. The van der Waals surface area contributed by atoms with Crippen molar-refractivity contribution < 1.29 is 14.6 Å². The quantitative estimate of drug-likeness (QED) is 0.826. The van der Waals surface area contributed by atoms with Crippen molar-refractivity contribution in [1.29, 1.82) is 0 Å². The van der Waals surface area contributed by atoms with Crippen molar-refractivity contribution in [3.63, 3.8) is 0 Å². The molecule has 3 N–H and O–H groups in total. The van der Waals surface area contributed by atoms with E-state index in [4.69, 9.17) is 10.5 Å². The van der Waals surface area contributed by atoms with Gasteiger partial charge in [-0.15, -0.1) is 11.3 Å². The first-order chi connectivity index (χ1) is 9.67. The number of carbonyl (C=O) groups excluding carboxylic acids is 1. The van der Waals surface area contributed by atoms with E-state index in [2.05, 4.69) is 0 Å². The average Bonchev–Trinajstić information content (AvgIpc) is 2.94. The molecule has 20 heavy (non-hydrogen) atoms. The number of ether oxygens (including phenoxy) is 1. The molecular formula is C14H16N2O3S. The van der Waals surface area contributed by atoms with Crippen molar-refractivity contribution in [3.8, 4) is 5.75 Å².